The number of rotatable bonds is 34. The molecule has 7 nitrogen and oxygen atoms in total. The molecule has 0 radical (unpaired) electrons. The lowest BCUT2D eigenvalue weighted by Gasteiger charge is -2.44. The summed E-state index contributed by atoms with van der Waals surface area (Å²) < 4.78 is 23.7. The number of carboxylic acids is 1. The van der Waals surface area contributed by atoms with Gasteiger partial charge >= 0.3 is 14.8 Å². The van der Waals surface area contributed by atoms with Crippen molar-refractivity contribution in [3.63, 3.8) is 0 Å². The molecule has 0 saturated carbocycles. The lowest BCUT2D eigenvalue weighted by Crippen LogP contribution is -2.54. The summed E-state index contributed by atoms with van der Waals surface area (Å²) in [6, 6.07) is 0.702. The number of aliphatic carboxylic acids is 1. The molecule has 0 aliphatic heterocycles. The first-order chi connectivity index (χ1) is 22.5. The third-order valence-corrected chi connectivity index (χ3v) is 19.4. The predicted octanol–water partition coefficient (Wildman–Crippen LogP) is 11.2. The maximum absolute atomic E-state index is 12.6. The molecular formula is C38H81NO6Si2. The van der Waals surface area contributed by atoms with E-state index in [9.17, 15) is 9.90 Å². The van der Waals surface area contributed by atoms with E-state index >= 15 is 0 Å². The molecule has 0 aromatic rings. The van der Waals surface area contributed by atoms with Gasteiger partial charge in [-0.15, -0.1) is 0 Å². The zero-order valence-corrected chi connectivity index (χ0v) is 35.0. The highest BCUT2D eigenvalue weighted by Gasteiger charge is 2.48. The van der Waals surface area contributed by atoms with Crippen molar-refractivity contribution in [3.8, 4) is 0 Å². The van der Waals surface area contributed by atoms with Crippen LogP contribution in [0, 0.1) is 0 Å². The second-order valence-electron chi connectivity index (χ2n) is 15.0. The lowest BCUT2D eigenvalue weighted by molar-refractivity contribution is -0.146. The van der Waals surface area contributed by atoms with Crippen molar-refractivity contribution in [3.05, 3.63) is 0 Å². The van der Waals surface area contributed by atoms with Gasteiger partial charge in [0.2, 0.25) is 8.32 Å². The molecule has 0 aliphatic carbocycles. The molecule has 282 valence electrons. The summed E-state index contributed by atoms with van der Waals surface area (Å²) in [5.41, 5.74) is 1.01. The quantitative estimate of drug-likeness (QED) is 0.0528. The fourth-order valence-electron chi connectivity index (χ4n) is 7.66. The van der Waals surface area contributed by atoms with Crippen molar-refractivity contribution in [1.82, 2.24) is 4.90 Å². The van der Waals surface area contributed by atoms with Crippen molar-refractivity contribution < 1.29 is 27.6 Å². The van der Waals surface area contributed by atoms with Crippen molar-refractivity contribution in [2.24, 2.45) is 0 Å². The Morgan fingerprint density at radius 2 is 0.915 bits per heavy atom. The van der Waals surface area contributed by atoms with Crippen LogP contribution < -0.4 is 0 Å². The van der Waals surface area contributed by atoms with Gasteiger partial charge in [0, 0.05) is 33.9 Å². The Bertz CT molecular complexity index is 705. The summed E-state index contributed by atoms with van der Waals surface area (Å²) in [7, 11) is -0.0636. The van der Waals surface area contributed by atoms with E-state index in [0.29, 0.717) is 29.2 Å². The molecule has 0 aliphatic rings. The summed E-state index contributed by atoms with van der Waals surface area (Å²) in [5, 5.41) is 10.3. The second-order valence-corrected chi connectivity index (χ2v) is 23.5. The van der Waals surface area contributed by atoms with Gasteiger partial charge in [0.25, 0.3) is 0 Å². The molecule has 1 atom stereocenters. The van der Waals surface area contributed by atoms with Crippen LogP contribution in [0.25, 0.3) is 0 Å². The molecule has 0 bridgehead atoms. The number of unbranched alkanes of at least 4 members (excludes halogenated alkanes) is 17. The zero-order chi connectivity index (χ0) is 35.6. The van der Waals surface area contributed by atoms with E-state index in [1.807, 2.05) is 0 Å². The van der Waals surface area contributed by atoms with E-state index in [4.69, 9.17) is 17.7 Å². The minimum absolute atomic E-state index is 0.337. The van der Waals surface area contributed by atoms with Crippen LogP contribution in [0.5, 0.6) is 0 Å². The second kappa shape index (κ2) is 28.4. The van der Waals surface area contributed by atoms with E-state index in [1.54, 1.807) is 21.3 Å². The topological polar surface area (TPSA) is 77.5 Å². The third kappa shape index (κ3) is 19.6. The van der Waals surface area contributed by atoms with Gasteiger partial charge in [0.15, 0.2) is 6.10 Å². The predicted molar refractivity (Wildman–Crippen MR) is 205 cm³/mol. The van der Waals surface area contributed by atoms with Crippen LogP contribution >= 0.6 is 0 Å². The molecule has 0 rings (SSSR count). The minimum Gasteiger partial charge on any atom is -0.479 e. The maximum atomic E-state index is 12.6. The summed E-state index contributed by atoms with van der Waals surface area (Å²) >= 11 is 0. The van der Waals surface area contributed by atoms with Gasteiger partial charge in [0.1, 0.15) is 0 Å². The van der Waals surface area contributed by atoms with Crippen LogP contribution in [0.4, 0.5) is 0 Å². The number of nitrogens with zero attached hydrogens (tertiary/aromatic N) is 1. The Morgan fingerprint density at radius 3 is 1.23 bits per heavy atom. The molecule has 0 saturated heterocycles. The molecule has 0 aromatic carbocycles. The van der Waals surface area contributed by atoms with E-state index in [-0.39, 0.29) is 0 Å². The Balaban J connectivity index is 4.75. The SMILES string of the molecule is CCCCCCCCCCCCCCCCCCCCN(CCC[Si](OC)(OC)OC)CC(O[Si](C(C)C)(C(C)C)C(C)C)C(=O)O. The Morgan fingerprint density at radius 1 is 0.574 bits per heavy atom. The maximum Gasteiger partial charge on any atom is 0.500 e. The number of hydrogen-bond donors (Lipinski definition) is 1. The number of hydrogen-bond acceptors (Lipinski definition) is 6. The zero-order valence-electron chi connectivity index (χ0n) is 33.0. The van der Waals surface area contributed by atoms with Gasteiger partial charge in [-0.3, -0.25) is 0 Å². The molecule has 0 amide bonds. The first-order valence-corrected chi connectivity index (χ1v) is 23.8. The average Bonchev–Trinajstić information content (AvgIpc) is 3.03. The van der Waals surface area contributed by atoms with Crippen molar-refractivity contribution in [1.29, 1.82) is 0 Å². The minimum atomic E-state index is -2.68. The van der Waals surface area contributed by atoms with E-state index in [0.717, 1.165) is 25.9 Å². The normalized spacial score (nSPS) is 13.5. The third-order valence-electron chi connectivity index (χ3n) is 10.5. The average molecular weight is 704 g/mol. The molecule has 0 heterocycles. The molecule has 1 N–H and O–H groups in total. The monoisotopic (exact) mass is 704 g/mol. The molecule has 1 unspecified atom stereocenters. The van der Waals surface area contributed by atoms with Crippen molar-refractivity contribution in [2.75, 3.05) is 41.0 Å². The fourth-order valence-corrected chi connectivity index (χ4v) is 14.8. The highest BCUT2D eigenvalue weighted by molar-refractivity contribution is 6.77. The van der Waals surface area contributed by atoms with Crippen LogP contribution in [0.2, 0.25) is 22.7 Å². The van der Waals surface area contributed by atoms with Crippen LogP contribution in [0.15, 0.2) is 0 Å². The fraction of sp³-hybridized carbons (Fsp3) is 0.974. The van der Waals surface area contributed by atoms with Crippen LogP contribution in [0.3, 0.4) is 0 Å². The molecule has 0 aromatic heterocycles. The number of carbonyl (C=O) groups is 1. The van der Waals surface area contributed by atoms with E-state index in [1.165, 1.54) is 109 Å². The molecule has 9 heteroatoms. The van der Waals surface area contributed by atoms with E-state index < -0.39 is 29.2 Å². The smallest absolute Gasteiger partial charge is 0.479 e. The van der Waals surface area contributed by atoms with Gasteiger partial charge in [-0.2, -0.15) is 0 Å². The molecule has 0 spiro atoms. The molecule has 0 fully saturated rings. The van der Waals surface area contributed by atoms with E-state index in [2.05, 4.69) is 53.4 Å². The van der Waals surface area contributed by atoms with Crippen LogP contribution in [0.1, 0.15) is 170 Å². The summed E-state index contributed by atoms with van der Waals surface area (Å²) in [5.74, 6) is -0.846. The Hall–Kier alpha value is -0.296. The lowest BCUT2D eigenvalue weighted by atomic mass is 10.0. The first kappa shape index (κ1) is 46.7. The van der Waals surface area contributed by atoms with Gasteiger partial charge in [-0.1, -0.05) is 158 Å². The highest BCUT2D eigenvalue weighted by atomic mass is 28.4. The van der Waals surface area contributed by atoms with Gasteiger partial charge < -0.3 is 27.7 Å². The Kier molecular flexibility index (Phi) is 28.2. The first-order valence-electron chi connectivity index (χ1n) is 19.7. The van der Waals surface area contributed by atoms with Crippen molar-refractivity contribution in [2.45, 2.75) is 199 Å². The standard InChI is InChI=1S/C38H81NO6Si2/c1-11-12-13-14-15-16-17-18-19-20-21-22-23-24-25-26-27-28-30-39(31-29-32-46(42-8,43-9)44-10)33-37(38(40)41)45-47(34(2)3,35(4)5)36(6)7/h34-37H,11-33H2,1-10H3,(H,40,41). The molecule has 47 heavy (non-hydrogen) atoms. The van der Waals surface area contributed by atoms with Gasteiger partial charge in [-0.05, 0) is 42.6 Å². The largest absolute Gasteiger partial charge is 0.500 e. The summed E-state index contributed by atoms with van der Waals surface area (Å²) in [4.78, 5) is 14.9. The van der Waals surface area contributed by atoms with Crippen LogP contribution in [-0.2, 0) is 22.5 Å². The summed E-state index contributed by atoms with van der Waals surface area (Å²) in [6.45, 7) is 17.6. The Labute approximate surface area is 295 Å². The van der Waals surface area contributed by atoms with Gasteiger partial charge in [0.05, 0.1) is 0 Å². The van der Waals surface area contributed by atoms with Crippen molar-refractivity contribution >= 4 is 23.1 Å². The summed E-state index contributed by atoms with van der Waals surface area (Å²) in [6.07, 6.45) is 24.4. The highest BCUT2D eigenvalue weighted by Crippen LogP contribution is 2.43. The van der Waals surface area contributed by atoms with Crippen LogP contribution in [-0.4, -0.2) is 80.2 Å². The number of carboxylic acid groups (broad SMARTS) is 1. The van der Waals surface area contributed by atoms with Gasteiger partial charge in [-0.25, -0.2) is 4.79 Å². The molecular weight excluding hydrogens is 623 g/mol.